The zero-order valence-electron chi connectivity index (χ0n) is 9.76. The van der Waals surface area contributed by atoms with Crippen LogP contribution >= 0.6 is 11.3 Å². The molecule has 0 spiro atoms. The Labute approximate surface area is 112 Å². The molecule has 3 nitrogen and oxygen atoms in total. The predicted octanol–water partition coefficient (Wildman–Crippen LogP) is 3.69. The summed E-state index contributed by atoms with van der Waals surface area (Å²) in [5.41, 5.74) is 1.03. The molecule has 1 amide bonds. The zero-order chi connectivity index (χ0) is 13.2. The number of carbonyl (C=O) groups is 1. The summed E-state index contributed by atoms with van der Waals surface area (Å²) in [7, 11) is 0. The number of benzene rings is 1. The summed E-state index contributed by atoms with van der Waals surface area (Å²) < 4.78 is 13.8. The smallest absolute Gasteiger partial charge is 0.257 e. The molecular weight excluding hydrogens is 263 g/mol. The Balaban J connectivity index is 1.83. The highest BCUT2D eigenvalue weighted by molar-refractivity contribution is 7.17. The van der Waals surface area contributed by atoms with E-state index in [1.165, 1.54) is 17.0 Å². The number of fused-ring (bicyclic) bond motifs is 1. The third-order valence-electron chi connectivity index (χ3n) is 2.70. The molecule has 5 heteroatoms. The van der Waals surface area contributed by atoms with Gasteiger partial charge in [-0.25, -0.2) is 4.98 Å². The minimum absolute atomic E-state index is 0.304. The van der Waals surface area contributed by atoms with E-state index in [0.29, 0.717) is 11.3 Å². The van der Waals surface area contributed by atoms with Crippen LogP contribution in [0.1, 0.15) is 10.4 Å². The van der Waals surface area contributed by atoms with Crippen LogP contribution in [0.25, 0.3) is 10.1 Å². The number of rotatable bonds is 2. The quantitative estimate of drug-likeness (QED) is 0.723. The van der Waals surface area contributed by atoms with E-state index in [2.05, 4.69) is 10.3 Å². The van der Waals surface area contributed by atoms with Crippen LogP contribution in [0.5, 0.6) is 0 Å². The van der Waals surface area contributed by atoms with Crippen molar-refractivity contribution < 1.29 is 9.18 Å². The Hall–Kier alpha value is -2.27. The van der Waals surface area contributed by atoms with Crippen molar-refractivity contribution in [1.82, 2.24) is 4.98 Å². The van der Waals surface area contributed by atoms with Gasteiger partial charge in [-0.2, -0.15) is 4.39 Å². The van der Waals surface area contributed by atoms with Gasteiger partial charge in [0.15, 0.2) is 0 Å². The number of carbonyl (C=O) groups excluding carboxylic acids is 1. The number of anilines is 1. The molecule has 1 N–H and O–H groups in total. The number of amides is 1. The molecule has 0 unspecified atom stereocenters. The van der Waals surface area contributed by atoms with E-state index < -0.39 is 5.95 Å². The van der Waals surface area contributed by atoms with Crippen LogP contribution in [0.3, 0.4) is 0 Å². The lowest BCUT2D eigenvalue weighted by Gasteiger charge is -2.05. The van der Waals surface area contributed by atoms with Crippen LogP contribution in [-0.2, 0) is 0 Å². The van der Waals surface area contributed by atoms with Crippen molar-refractivity contribution in [3.05, 3.63) is 59.5 Å². The Kier molecular flexibility index (Phi) is 2.97. The van der Waals surface area contributed by atoms with Gasteiger partial charge >= 0.3 is 0 Å². The van der Waals surface area contributed by atoms with Crippen LogP contribution in [-0.4, -0.2) is 10.9 Å². The van der Waals surface area contributed by atoms with E-state index in [0.717, 1.165) is 11.5 Å². The second-order valence-corrected chi connectivity index (χ2v) is 4.94. The van der Waals surface area contributed by atoms with E-state index in [-0.39, 0.29) is 5.91 Å². The standard InChI is InChI=1S/C14H9FN2OS/c15-13-4-1-10(8-16-13)14(18)17-11-2-3-12-9(7-11)5-6-19-12/h1-8H,(H,17,18). The Bertz CT molecular complexity index is 737. The maximum absolute atomic E-state index is 12.7. The molecule has 3 aromatic rings. The SMILES string of the molecule is O=C(Nc1ccc2sccc2c1)c1ccc(F)nc1. The summed E-state index contributed by atoms with van der Waals surface area (Å²) in [6.45, 7) is 0. The van der Waals surface area contributed by atoms with Crippen molar-refractivity contribution in [3.63, 3.8) is 0 Å². The number of halogens is 1. The lowest BCUT2D eigenvalue weighted by Crippen LogP contribution is -2.12. The lowest BCUT2D eigenvalue weighted by atomic mass is 10.2. The fourth-order valence-electron chi connectivity index (χ4n) is 1.76. The molecule has 19 heavy (non-hydrogen) atoms. The number of nitrogens with one attached hydrogen (secondary N) is 1. The number of aromatic nitrogens is 1. The maximum Gasteiger partial charge on any atom is 0.257 e. The number of nitrogens with zero attached hydrogens (tertiary/aromatic N) is 1. The van der Waals surface area contributed by atoms with Crippen molar-refractivity contribution in [3.8, 4) is 0 Å². The molecule has 0 saturated heterocycles. The summed E-state index contributed by atoms with van der Waals surface area (Å²) >= 11 is 1.65. The molecule has 3 rings (SSSR count). The molecule has 0 aliphatic carbocycles. The average molecular weight is 272 g/mol. The molecular formula is C14H9FN2OS. The third kappa shape index (κ3) is 2.46. The van der Waals surface area contributed by atoms with E-state index in [4.69, 9.17) is 0 Å². The van der Waals surface area contributed by atoms with Gasteiger partial charge in [0.25, 0.3) is 5.91 Å². The number of thiophene rings is 1. The third-order valence-corrected chi connectivity index (χ3v) is 3.60. The van der Waals surface area contributed by atoms with Crippen molar-refractivity contribution in [2.24, 2.45) is 0 Å². The Morgan fingerprint density at radius 2 is 2.11 bits per heavy atom. The van der Waals surface area contributed by atoms with E-state index in [9.17, 15) is 9.18 Å². The lowest BCUT2D eigenvalue weighted by molar-refractivity contribution is 0.102. The minimum Gasteiger partial charge on any atom is -0.322 e. The first kappa shape index (κ1) is 11.8. The van der Waals surface area contributed by atoms with Gasteiger partial charge in [0.2, 0.25) is 5.95 Å². The monoisotopic (exact) mass is 272 g/mol. The summed E-state index contributed by atoms with van der Waals surface area (Å²) in [6, 6.07) is 10.3. The summed E-state index contributed by atoms with van der Waals surface area (Å²) in [6.07, 6.45) is 1.22. The number of hydrogen-bond donors (Lipinski definition) is 1. The van der Waals surface area contributed by atoms with Crippen LogP contribution in [0.2, 0.25) is 0 Å². The first-order valence-electron chi connectivity index (χ1n) is 5.62. The molecule has 0 aliphatic rings. The summed E-state index contributed by atoms with van der Waals surface area (Å²) in [5, 5.41) is 5.85. The first-order valence-corrected chi connectivity index (χ1v) is 6.50. The zero-order valence-corrected chi connectivity index (χ0v) is 10.6. The molecule has 2 aromatic heterocycles. The number of pyridine rings is 1. The number of hydrogen-bond acceptors (Lipinski definition) is 3. The van der Waals surface area contributed by atoms with Crippen molar-refractivity contribution in [2.45, 2.75) is 0 Å². The van der Waals surface area contributed by atoms with Gasteiger partial charge in [-0.1, -0.05) is 0 Å². The van der Waals surface area contributed by atoms with Gasteiger partial charge in [0.1, 0.15) is 0 Å². The van der Waals surface area contributed by atoms with E-state index in [1.807, 2.05) is 29.6 Å². The molecule has 2 heterocycles. The second-order valence-electron chi connectivity index (χ2n) is 4.00. The largest absolute Gasteiger partial charge is 0.322 e. The molecule has 0 radical (unpaired) electrons. The van der Waals surface area contributed by atoms with Gasteiger partial charge in [-0.05, 0) is 47.2 Å². The molecule has 0 atom stereocenters. The van der Waals surface area contributed by atoms with Gasteiger partial charge in [0.05, 0.1) is 5.56 Å². The Morgan fingerprint density at radius 1 is 1.21 bits per heavy atom. The fourth-order valence-corrected chi connectivity index (χ4v) is 2.53. The van der Waals surface area contributed by atoms with Crippen LogP contribution in [0.4, 0.5) is 10.1 Å². The highest BCUT2D eigenvalue weighted by Crippen LogP contribution is 2.24. The van der Waals surface area contributed by atoms with Crippen molar-refractivity contribution in [2.75, 3.05) is 5.32 Å². The van der Waals surface area contributed by atoms with E-state index >= 15 is 0 Å². The minimum atomic E-state index is -0.601. The first-order chi connectivity index (χ1) is 9.22. The van der Waals surface area contributed by atoms with Gasteiger partial charge in [0, 0.05) is 16.6 Å². The van der Waals surface area contributed by atoms with Crippen molar-refractivity contribution in [1.29, 1.82) is 0 Å². The van der Waals surface area contributed by atoms with Crippen LogP contribution in [0.15, 0.2) is 48.0 Å². The van der Waals surface area contributed by atoms with Gasteiger partial charge in [-0.15, -0.1) is 11.3 Å². The van der Waals surface area contributed by atoms with Crippen LogP contribution < -0.4 is 5.32 Å². The molecule has 0 saturated carbocycles. The Morgan fingerprint density at radius 3 is 2.89 bits per heavy atom. The summed E-state index contributed by atoms with van der Waals surface area (Å²) in [5.74, 6) is -0.904. The second kappa shape index (κ2) is 4.78. The highest BCUT2D eigenvalue weighted by Gasteiger charge is 2.07. The van der Waals surface area contributed by atoms with Crippen molar-refractivity contribution >= 4 is 33.0 Å². The van der Waals surface area contributed by atoms with Gasteiger partial charge in [-0.3, -0.25) is 4.79 Å². The molecule has 0 fully saturated rings. The van der Waals surface area contributed by atoms with E-state index in [1.54, 1.807) is 11.3 Å². The normalized spacial score (nSPS) is 10.6. The maximum atomic E-state index is 12.7. The molecule has 0 aliphatic heterocycles. The summed E-state index contributed by atoms with van der Waals surface area (Å²) in [4.78, 5) is 15.4. The highest BCUT2D eigenvalue weighted by atomic mass is 32.1. The van der Waals surface area contributed by atoms with Gasteiger partial charge < -0.3 is 5.32 Å². The topological polar surface area (TPSA) is 42.0 Å². The predicted molar refractivity (Wildman–Crippen MR) is 74.0 cm³/mol. The van der Waals surface area contributed by atoms with Crippen LogP contribution in [0, 0.1) is 5.95 Å². The average Bonchev–Trinajstić information content (AvgIpc) is 2.87. The molecule has 1 aromatic carbocycles. The fraction of sp³-hybridized carbons (Fsp3) is 0. The molecule has 0 bridgehead atoms. The molecule has 94 valence electrons.